The summed E-state index contributed by atoms with van der Waals surface area (Å²) in [5.41, 5.74) is -0.354. The topological polar surface area (TPSA) is 37.3 Å². The van der Waals surface area contributed by atoms with E-state index in [4.69, 9.17) is 0 Å². The minimum absolute atomic E-state index is 0.250. The molecule has 0 aromatic rings. The average Bonchev–Trinajstić information content (AvgIpc) is 2.90. The first kappa shape index (κ1) is 15.3. The van der Waals surface area contributed by atoms with Crippen molar-refractivity contribution in [1.82, 2.24) is 0 Å². The molecule has 0 radical (unpaired) electrons. The van der Waals surface area contributed by atoms with Crippen molar-refractivity contribution in [3.63, 3.8) is 0 Å². The van der Waals surface area contributed by atoms with Gasteiger partial charge in [0, 0.05) is 12.3 Å². The van der Waals surface area contributed by atoms with Crippen LogP contribution in [-0.2, 0) is 4.79 Å². The van der Waals surface area contributed by atoms with Crippen LogP contribution in [0, 0.1) is 29.1 Å². The molecule has 0 amide bonds. The summed E-state index contributed by atoms with van der Waals surface area (Å²) < 4.78 is 0. The van der Waals surface area contributed by atoms with Crippen LogP contribution in [-0.4, -0.2) is 16.5 Å². The Morgan fingerprint density at radius 1 is 1.38 bits per heavy atom. The Balaban J connectivity index is 1.67. The molecule has 6 atom stereocenters. The van der Waals surface area contributed by atoms with Crippen molar-refractivity contribution in [1.29, 1.82) is 0 Å². The summed E-state index contributed by atoms with van der Waals surface area (Å²) in [7, 11) is 0. The third kappa shape index (κ3) is 2.72. The van der Waals surface area contributed by atoms with Gasteiger partial charge in [-0.05, 0) is 68.6 Å². The number of fused-ring (bicyclic) bond motifs is 1. The Kier molecular flexibility index (Phi) is 3.80. The minimum atomic E-state index is -0.604. The molecule has 2 nitrogen and oxygen atoms in total. The second-order valence-corrected chi connectivity index (χ2v) is 8.46. The van der Waals surface area contributed by atoms with Crippen molar-refractivity contribution in [2.24, 2.45) is 29.1 Å². The predicted molar refractivity (Wildman–Crippen MR) is 84.8 cm³/mol. The van der Waals surface area contributed by atoms with Crippen LogP contribution in [0.3, 0.4) is 0 Å². The van der Waals surface area contributed by atoms with Gasteiger partial charge in [-0.1, -0.05) is 26.0 Å². The SMILES string of the molecule is C[C@H](CC1C=C[C@](C)(O)C1)[C@H]1CC[C@@H]2C(=O)CCC[C@@]21C. The summed E-state index contributed by atoms with van der Waals surface area (Å²) in [6.07, 6.45) is 11.7. The van der Waals surface area contributed by atoms with Gasteiger partial charge in [0.2, 0.25) is 0 Å². The monoisotopic (exact) mass is 290 g/mol. The highest BCUT2D eigenvalue weighted by atomic mass is 16.3. The number of rotatable bonds is 3. The molecule has 0 aliphatic heterocycles. The van der Waals surface area contributed by atoms with Crippen LogP contribution >= 0.6 is 0 Å². The van der Waals surface area contributed by atoms with Crippen molar-refractivity contribution >= 4 is 5.78 Å². The van der Waals surface area contributed by atoms with Gasteiger partial charge in [0.15, 0.2) is 0 Å². The fourth-order valence-corrected chi connectivity index (χ4v) is 5.72. The molecule has 0 aromatic carbocycles. The van der Waals surface area contributed by atoms with Gasteiger partial charge in [-0.2, -0.15) is 0 Å². The Hall–Kier alpha value is -0.630. The number of hydrogen-bond acceptors (Lipinski definition) is 2. The summed E-state index contributed by atoms with van der Waals surface area (Å²) in [6, 6.07) is 0. The first-order chi connectivity index (χ1) is 9.82. The summed E-state index contributed by atoms with van der Waals surface area (Å²) in [6.45, 7) is 6.66. The smallest absolute Gasteiger partial charge is 0.136 e. The molecule has 0 saturated heterocycles. The van der Waals surface area contributed by atoms with Gasteiger partial charge in [-0.15, -0.1) is 0 Å². The molecule has 2 heteroatoms. The number of carbonyl (C=O) groups is 1. The lowest BCUT2D eigenvalue weighted by Gasteiger charge is -2.42. The Labute approximate surface area is 129 Å². The minimum Gasteiger partial charge on any atom is -0.386 e. The molecule has 2 fully saturated rings. The lowest BCUT2D eigenvalue weighted by Crippen LogP contribution is -2.39. The number of carbonyl (C=O) groups excluding carboxylic acids is 1. The highest BCUT2D eigenvalue weighted by Gasteiger charge is 2.52. The van der Waals surface area contributed by atoms with Crippen LogP contribution < -0.4 is 0 Å². The number of aliphatic hydroxyl groups is 1. The van der Waals surface area contributed by atoms with E-state index in [0.717, 1.165) is 32.1 Å². The molecule has 0 aromatic heterocycles. The number of hydrogen-bond donors (Lipinski definition) is 1. The lowest BCUT2D eigenvalue weighted by molar-refractivity contribution is -0.130. The number of ketones is 1. The summed E-state index contributed by atoms with van der Waals surface area (Å²) in [5, 5.41) is 10.1. The number of allylic oxidation sites excluding steroid dienone is 1. The Morgan fingerprint density at radius 2 is 2.14 bits per heavy atom. The van der Waals surface area contributed by atoms with Crippen LogP contribution in [0.2, 0.25) is 0 Å². The van der Waals surface area contributed by atoms with Crippen molar-refractivity contribution in [3.8, 4) is 0 Å². The van der Waals surface area contributed by atoms with E-state index in [1.807, 2.05) is 13.0 Å². The fraction of sp³-hybridized carbons (Fsp3) is 0.842. The third-order valence-electron chi connectivity index (χ3n) is 6.70. The molecule has 2 saturated carbocycles. The zero-order chi connectivity index (χ0) is 15.3. The average molecular weight is 290 g/mol. The maximum atomic E-state index is 12.2. The summed E-state index contributed by atoms with van der Waals surface area (Å²) in [5.74, 6) is 2.71. The van der Waals surface area contributed by atoms with Gasteiger partial charge < -0.3 is 5.11 Å². The Bertz CT molecular complexity index is 450. The predicted octanol–water partition coefficient (Wildman–Crippen LogP) is 4.13. The second-order valence-electron chi connectivity index (χ2n) is 8.46. The van der Waals surface area contributed by atoms with Crippen molar-refractivity contribution in [2.75, 3.05) is 0 Å². The highest BCUT2D eigenvalue weighted by Crippen LogP contribution is 2.57. The van der Waals surface area contributed by atoms with Crippen LogP contribution in [0.4, 0.5) is 0 Å². The molecular formula is C19H30O2. The van der Waals surface area contributed by atoms with Gasteiger partial charge in [-0.3, -0.25) is 4.79 Å². The van der Waals surface area contributed by atoms with Crippen LogP contribution in [0.25, 0.3) is 0 Å². The molecule has 0 bridgehead atoms. The fourth-order valence-electron chi connectivity index (χ4n) is 5.72. The molecule has 1 N–H and O–H groups in total. The van der Waals surface area contributed by atoms with E-state index in [0.29, 0.717) is 29.5 Å². The molecular weight excluding hydrogens is 260 g/mol. The van der Waals surface area contributed by atoms with Crippen molar-refractivity contribution < 1.29 is 9.90 Å². The normalized spacial score (nSPS) is 47.6. The summed E-state index contributed by atoms with van der Waals surface area (Å²) in [4.78, 5) is 12.2. The molecule has 0 spiro atoms. The van der Waals surface area contributed by atoms with Gasteiger partial charge in [0.05, 0.1) is 5.60 Å². The van der Waals surface area contributed by atoms with Crippen molar-refractivity contribution in [2.45, 2.75) is 71.3 Å². The number of Topliss-reactive ketones (excluding diaryl/α,β-unsaturated/α-hetero) is 1. The standard InChI is InChI=1S/C19H30O2/c1-13(11-14-8-10-18(2,21)12-14)15-6-7-16-17(20)5-4-9-19(15,16)3/h8,10,13-16,21H,4-7,9,11-12H2,1-3H3/t13-,14?,15-,16-,18+,19-/m1/s1. The highest BCUT2D eigenvalue weighted by molar-refractivity contribution is 5.83. The maximum Gasteiger partial charge on any atom is 0.136 e. The molecule has 3 rings (SSSR count). The van der Waals surface area contributed by atoms with E-state index in [1.165, 1.54) is 12.8 Å². The van der Waals surface area contributed by atoms with Crippen molar-refractivity contribution in [3.05, 3.63) is 12.2 Å². The first-order valence-corrected chi connectivity index (χ1v) is 8.76. The zero-order valence-corrected chi connectivity index (χ0v) is 13.8. The largest absolute Gasteiger partial charge is 0.386 e. The molecule has 21 heavy (non-hydrogen) atoms. The molecule has 1 unspecified atom stereocenters. The maximum absolute atomic E-state index is 12.2. The molecule has 118 valence electrons. The van der Waals surface area contributed by atoms with Gasteiger partial charge >= 0.3 is 0 Å². The van der Waals surface area contributed by atoms with E-state index >= 15 is 0 Å². The van der Waals surface area contributed by atoms with Gasteiger partial charge in [0.25, 0.3) is 0 Å². The van der Waals surface area contributed by atoms with Gasteiger partial charge in [0.1, 0.15) is 5.78 Å². The van der Waals surface area contributed by atoms with E-state index < -0.39 is 5.60 Å². The van der Waals surface area contributed by atoms with Gasteiger partial charge in [-0.25, -0.2) is 0 Å². The van der Waals surface area contributed by atoms with Crippen LogP contribution in [0.1, 0.15) is 65.7 Å². The second kappa shape index (κ2) is 5.22. The quantitative estimate of drug-likeness (QED) is 0.794. The zero-order valence-electron chi connectivity index (χ0n) is 13.8. The molecule has 0 heterocycles. The van der Waals surface area contributed by atoms with E-state index in [1.54, 1.807) is 0 Å². The van der Waals surface area contributed by atoms with E-state index in [9.17, 15) is 9.90 Å². The van der Waals surface area contributed by atoms with Crippen LogP contribution in [0.15, 0.2) is 12.2 Å². The van der Waals surface area contributed by atoms with E-state index in [2.05, 4.69) is 19.9 Å². The van der Waals surface area contributed by atoms with Crippen LogP contribution in [0.5, 0.6) is 0 Å². The third-order valence-corrected chi connectivity index (χ3v) is 6.70. The van der Waals surface area contributed by atoms with E-state index in [-0.39, 0.29) is 5.41 Å². The molecule has 3 aliphatic carbocycles. The first-order valence-electron chi connectivity index (χ1n) is 8.76. The molecule has 3 aliphatic rings. The lowest BCUT2D eigenvalue weighted by atomic mass is 9.61. The summed E-state index contributed by atoms with van der Waals surface area (Å²) >= 11 is 0. The Morgan fingerprint density at radius 3 is 2.81 bits per heavy atom.